The van der Waals surface area contributed by atoms with Crippen LogP contribution < -0.4 is 5.32 Å². The summed E-state index contributed by atoms with van der Waals surface area (Å²) in [6.45, 7) is 0.362. The van der Waals surface area contributed by atoms with Crippen LogP contribution in [0.2, 0.25) is 0 Å². The zero-order valence-electron chi connectivity index (χ0n) is 7.68. The molecular weight excluding hydrogens is 234 g/mol. The smallest absolute Gasteiger partial charge is 0.236 e. The van der Waals surface area contributed by atoms with Gasteiger partial charge in [-0.15, -0.1) is 0 Å². The highest BCUT2D eigenvalue weighted by Gasteiger charge is 2.36. The molecule has 0 aliphatic heterocycles. The summed E-state index contributed by atoms with van der Waals surface area (Å²) in [4.78, 5) is 11.6. The van der Waals surface area contributed by atoms with E-state index in [9.17, 15) is 4.79 Å². The van der Waals surface area contributed by atoms with Crippen LogP contribution >= 0.6 is 15.9 Å². The summed E-state index contributed by atoms with van der Waals surface area (Å²) in [5, 5.41) is 11.3. The molecule has 0 unspecified atom stereocenters. The molecule has 1 saturated carbocycles. The number of amides is 1. The van der Waals surface area contributed by atoms with Crippen LogP contribution in [0.25, 0.3) is 0 Å². The lowest BCUT2D eigenvalue weighted by molar-refractivity contribution is -0.124. The average molecular weight is 250 g/mol. The van der Waals surface area contributed by atoms with Crippen molar-refractivity contribution in [1.82, 2.24) is 5.32 Å². The lowest BCUT2D eigenvalue weighted by atomic mass is 9.88. The van der Waals surface area contributed by atoms with Crippen molar-refractivity contribution in [3.05, 3.63) is 0 Å². The van der Waals surface area contributed by atoms with E-state index in [1.54, 1.807) is 0 Å². The van der Waals surface area contributed by atoms with Gasteiger partial charge in [0.2, 0.25) is 5.91 Å². The van der Waals surface area contributed by atoms with Crippen molar-refractivity contribution >= 4 is 21.8 Å². The molecule has 76 valence electrons. The van der Waals surface area contributed by atoms with Crippen LogP contribution in [0, 0.1) is 0 Å². The fourth-order valence-electron chi connectivity index (χ4n) is 1.67. The predicted molar refractivity (Wildman–Crippen MR) is 54.8 cm³/mol. The third kappa shape index (κ3) is 2.95. The first-order valence-corrected chi connectivity index (χ1v) is 5.56. The highest BCUT2D eigenvalue weighted by Crippen LogP contribution is 2.35. The molecule has 0 bridgehead atoms. The molecule has 0 radical (unpaired) electrons. The number of hydrogen-bond acceptors (Lipinski definition) is 2. The Morgan fingerprint density at radius 2 is 2.00 bits per heavy atom. The first kappa shape index (κ1) is 11.0. The van der Waals surface area contributed by atoms with Gasteiger partial charge >= 0.3 is 0 Å². The number of carbonyl (C=O) groups excluding carboxylic acids is 1. The van der Waals surface area contributed by atoms with E-state index in [2.05, 4.69) is 21.2 Å². The van der Waals surface area contributed by atoms with Gasteiger partial charge in [-0.1, -0.05) is 35.2 Å². The predicted octanol–water partition coefficient (Wildman–Crippen LogP) is 1.19. The minimum atomic E-state index is -0.361. The summed E-state index contributed by atoms with van der Waals surface area (Å²) in [5.74, 6) is 0.0289. The Hall–Kier alpha value is -0.0900. The molecule has 1 fully saturated rings. The summed E-state index contributed by atoms with van der Waals surface area (Å²) in [5.41, 5.74) is 0. The second-order valence-electron chi connectivity index (χ2n) is 3.51. The molecule has 2 N–H and O–H groups in total. The third-order valence-electron chi connectivity index (χ3n) is 2.45. The van der Waals surface area contributed by atoms with Gasteiger partial charge < -0.3 is 10.4 Å². The fourth-order valence-corrected chi connectivity index (χ4v) is 2.37. The summed E-state index contributed by atoms with van der Waals surface area (Å²) in [6, 6.07) is 0. The van der Waals surface area contributed by atoms with Crippen LogP contribution in [0.3, 0.4) is 0 Å². The monoisotopic (exact) mass is 249 g/mol. The van der Waals surface area contributed by atoms with Crippen LogP contribution in [0.5, 0.6) is 0 Å². The zero-order chi connectivity index (χ0) is 9.73. The van der Waals surface area contributed by atoms with Crippen molar-refractivity contribution in [2.45, 2.75) is 36.4 Å². The average Bonchev–Trinajstić information content (AvgIpc) is 2.15. The molecule has 0 aromatic carbocycles. The molecule has 3 nitrogen and oxygen atoms in total. The lowest BCUT2D eigenvalue weighted by Crippen LogP contribution is -2.44. The van der Waals surface area contributed by atoms with Crippen molar-refractivity contribution in [3.8, 4) is 0 Å². The zero-order valence-corrected chi connectivity index (χ0v) is 9.27. The van der Waals surface area contributed by atoms with Gasteiger partial charge in [0.15, 0.2) is 0 Å². The largest absolute Gasteiger partial charge is 0.395 e. The van der Waals surface area contributed by atoms with Crippen molar-refractivity contribution < 1.29 is 9.90 Å². The first-order chi connectivity index (χ1) is 6.19. The number of halogens is 1. The lowest BCUT2D eigenvalue weighted by Gasteiger charge is -2.29. The van der Waals surface area contributed by atoms with E-state index in [-0.39, 0.29) is 16.8 Å². The Labute approximate surface area is 87.0 Å². The Balaban J connectivity index is 2.42. The van der Waals surface area contributed by atoms with Gasteiger partial charge in [0.25, 0.3) is 0 Å². The maximum atomic E-state index is 11.6. The van der Waals surface area contributed by atoms with Crippen LogP contribution in [0.4, 0.5) is 0 Å². The van der Waals surface area contributed by atoms with E-state index in [0.717, 1.165) is 25.7 Å². The number of aliphatic hydroxyl groups is 1. The van der Waals surface area contributed by atoms with E-state index in [1.165, 1.54) is 6.42 Å². The molecule has 0 aromatic heterocycles. The topological polar surface area (TPSA) is 49.3 Å². The van der Waals surface area contributed by atoms with Gasteiger partial charge in [0.05, 0.1) is 6.61 Å². The molecule has 0 heterocycles. The standard InChI is InChI=1S/C9H16BrNO2/c10-9(4-2-1-3-5-9)8(13)11-6-7-12/h12H,1-7H2,(H,11,13). The van der Waals surface area contributed by atoms with Crippen LogP contribution in [0.15, 0.2) is 0 Å². The van der Waals surface area contributed by atoms with E-state index < -0.39 is 0 Å². The van der Waals surface area contributed by atoms with Crippen molar-refractivity contribution in [2.24, 2.45) is 0 Å². The maximum absolute atomic E-state index is 11.6. The second-order valence-corrected chi connectivity index (χ2v) is 5.02. The molecule has 1 aliphatic rings. The quantitative estimate of drug-likeness (QED) is 0.739. The summed E-state index contributed by atoms with van der Waals surface area (Å²) in [7, 11) is 0. The summed E-state index contributed by atoms with van der Waals surface area (Å²) in [6.07, 6.45) is 5.25. The number of aliphatic hydroxyl groups excluding tert-OH is 1. The molecule has 13 heavy (non-hydrogen) atoms. The minimum Gasteiger partial charge on any atom is -0.395 e. The van der Waals surface area contributed by atoms with Gasteiger partial charge in [0, 0.05) is 6.54 Å². The SMILES string of the molecule is O=C(NCCO)C1(Br)CCCCC1. The van der Waals surface area contributed by atoms with E-state index in [4.69, 9.17) is 5.11 Å². The molecule has 1 amide bonds. The highest BCUT2D eigenvalue weighted by molar-refractivity contribution is 9.10. The van der Waals surface area contributed by atoms with Gasteiger partial charge in [0.1, 0.15) is 4.32 Å². The van der Waals surface area contributed by atoms with Crippen molar-refractivity contribution in [1.29, 1.82) is 0 Å². The molecule has 1 rings (SSSR count). The highest BCUT2D eigenvalue weighted by atomic mass is 79.9. The molecule has 0 saturated heterocycles. The second kappa shape index (κ2) is 4.96. The van der Waals surface area contributed by atoms with E-state index in [0.29, 0.717) is 6.54 Å². The number of rotatable bonds is 3. The molecule has 4 heteroatoms. The fraction of sp³-hybridized carbons (Fsp3) is 0.889. The van der Waals surface area contributed by atoms with Crippen molar-refractivity contribution in [3.63, 3.8) is 0 Å². The van der Waals surface area contributed by atoms with Crippen LogP contribution in [-0.4, -0.2) is 28.5 Å². The third-order valence-corrected chi connectivity index (χ3v) is 3.60. The Kier molecular flexibility index (Phi) is 4.19. The number of alkyl halides is 1. The number of carbonyl (C=O) groups is 1. The minimum absolute atomic E-state index is 0.00875. The van der Waals surface area contributed by atoms with Gasteiger partial charge in [-0.25, -0.2) is 0 Å². The molecule has 1 aliphatic carbocycles. The first-order valence-electron chi connectivity index (χ1n) is 4.77. The van der Waals surface area contributed by atoms with Crippen molar-refractivity contribution in [2.75, 3.05) is 13.2 Å². The van der Waals surface area contributed by atoms with Crippen LogP contribution in [0.1, 0.15) is 32.1 Å². The van der Waals surface area contributed by atoms with E-state index in [1.807, 2.05) is 0 Å². The van der Waals surface area contributed by atoms with E-state index >= 15 is 0 Å². The molecular formula is C9H16BrNO2. The van der Waals surface area contributed by atoms with Crippen LogP contribution in [-0.2, 0) is 4.79 Å². The van der Waals surface area contributed by atoms with Gasteiger partial charge in [-0.2, -0.15) is 0 Å². The van der Waals surface area contributed by atoms with Gasteiger partial charge in [-0.3, -0.25) is 4.79 Å². The van der Waals surface area contributed by atoms with Gasteiger partial charge in [-0.05, 0) is 12.8 Å². The Bertz CT molecular complexity index is 178. The molecule has 0 spiro atoms. The number of nitrogens with one attached hydrogen (secondary N) is 1. The molecule has 0 atom stereocenters. The summed E-state index contributed by atoms with van der Waals surface area (Å²) >= 11 is 3.50. The Morgan fingerprint density at radius 1 is 1.38 bits per heavy atom. The Morgan fingerprint density at radius 3 is 2.54 bits per heavy atom. The normalized spacial score (nSPS) is 21.1. The maximum Gasteiger partial charge on any atom is 0.236 e. The summed E-state index contributed by atoms with van der Waals surface area (Å²) < 4.78 is -0.361. The number of hydrogen-bond donors (Lipinski definition) is 2. The molecule has 0 aromatic rings.